The van der Waals surface area contributed by atoms with E-state index in [1.807, 2.05) is 0 Å². The van der Waals surface area contributed by atoms with Crippen molar-refractivity contribution in [2.24, 2.45) is 0 Å². The summed E-state index contributed by atoms with van der Waals surface area (Å²) in [6.07, 6.45) is 1.02. The molecule has 1 unspecified atom stereocenters. The summed E-state index contributed by atoms with van der Waals surface area (Å²) in [5, 5.41) is 5.02. The molecule has 256 valence electrons. The highest BCUT2D eigenvalue weighted by Gasteiger charge is 2.30. The number of para-hydroxylation sites is 1. The van der Waals surface area contributed by atoms with Crippen LogP contribution in [0.2, 0.25) is 0 Å². The zero-order chi connectivity index (χ0) is 36.0. The summed E-state index contributed by atoms with van der Waals surface area (Å²) < 4.78 is 2.48. The molecule has 55 heavy (non-hydrogen) atoms. The van der Waals surface area contributed by atoms with E-state index >= 15 is 0 Å². The lowest BCUT2D eigenvalue weighted by molar-refractivity contribution is 1.02. The first kappa shape index (κ1) is 30.5. The Labute approximate surface area is 320 Å². The topological polar surface area (TPSA) is 4.93 Å². The summed E-state index contributed by atoms with van der Waals surface area (Å²) in [6.45, 7) is 0. The van der Waals surface area contributed by atoms with E-state index in [-0.39, 0.29) is 5.92 Å². The standard InChI is InChI=1S/C54H35N/c1-2-11-34(12-3-1)54-48-18-7-6-16-44(48)45-27-24-37(32-50(45)54)38-25-28-47-46-17-8-9-19-52(46)55(53(47)33-38)51-20-10-14-40-29-35(23-26-43(40)51)36-21-22-41-30-39-13-4-5-15-42(39)49(41)31-36/h1-29,31-33,54H,30H2. The zero-order valence-corrected chi connectivity index (χ0v) is 30.2. The van der Waals surface area contributed by atoms with Gasteiger partial charge in [-0.3, -0.25) is 0 Å². The van der Waals surface area contributed by atoms with Gasteiger partial charge in [0.2, 0.25) is 0 Å². The molecule has 2 aliphatic carbocycles. The van der Waals surface area contributed by atoms with Crippen LogP contribution >= 0.6 is 0 Å². The molecule has 0 saturated heterocycles. The predicted molar refractivity (Wildman–Crippen MR) is 230 cm³/mol. The summed E-state index contributed by atoms with van der Waals surface area (Å²) in [6, 6.07) is 72.5. The van der Waals surface area contributed by atoms with E-state index in [1.54, 1.807) is 0 Å². The average molecular weight is 698 g/mol. The van der Waals surface area contributed by atoms with E-state index in [1.165, 1.54) is 111 Å². The summed E-state index contributed by atoms with van der Waals surface area (Å²) in [5.74, 6) is 0.218. The van der Waals surface area contributed by atoms with Crippen LogP contribution in [0.15, 0.2) is 194 Å². The van der Waals surface area contributed by atoms with Crippen LogP contribution in [0.1, 0.15) is 33.7 Å². The monoisotopic (exact) mass is 697 g/mol. The van der Waals surface area contributed by atoms with Gasteiger partial charge in [0.1, 0.15) is 0 Å². The molecule has 1 atom stereocenters. The number of benzene rings is 9. The minimum Gasteiger partial charge on any atom is -0.309 e. The maximum Gasteiger partial charge on any atom is 0.0547 e. The Hall–Kier alpha value is -6.96. The molecule has 0 spiro atoms. The van der Waals surface area contributed by atoms with Crippen LogP contribution < -0.4 is 0 Å². The Kier molecular flexibility index (Phi) is 6.53. The first-order valence-corrected chi connectivity index (χ1v) is 19.3. The normalized spacial score (nSPS) is 13.9. The van der Waals surface area contributed by atoms with Crippen LogP contribution in [-0.4, -0.2) is 4.57 Å². The molecule has 1 aromatic heterocycles. The second-order valence-electron chi connectivity index (χ2n) is 15.2. The lowest BCUT2D eigenvalue weighted by Crippen LogP contribution is -1.99. The minimum absolute atomic E-state index is 0.218. The van der Waals surface area contributed by atoms with Gasteiger partial charge in [-0.15, -0.1) is 0 Å². The van der Waals surface area contributed by atoms with E-state index < -0.39 is 0 Å². The predicted octanol–water partition coefficient (Wildman–Crippen LogP) is 14.0. The van der Waals surface area contributed by atoms with Crippen LogP contribution in [0.3, 0.4) is 0 Å². The zero-order valence-electron chi connectivity index (χ0n) is 30.2. The van der Waals surface area contributed by atoms with Gasteiger partial charge in [-0.2, -0.15) is 0 Å². The molecule has 0 fully saturated rings. The van der Waals surface area contributed by atoms with Gasteiger partial charge in [-0.05, 0) is 121 Å². The highest BCUT2D eigenvalue weighted by atomic mass is 15.0. The maximum absolute atomic E-state index is 2.48. The highest BCUT2D eigenvalue weighted by Crippen LogP contribution is 2.49. The van der Waals surface area contributed by atoms with Gasteiger partial charge in [0.25, 0.3) is 0 Å². The average Bonchev–Trinajstić information content (AvgIpc) is 3.90. The third kappa shape index (κ3) is 4.60. The van der Waals surface area contributed by atoms with E-state index in [9.17, 15) is 0 Å². The molecule has 0 amide bonds. The third-order valence-corrected chi connectivity index (χ3v) is 12.3. The van der Waals surface area contributed by atoms with Crippen molar-refractivity contribution in [2.45, 2.75) is 12.3 Å². The van der Waals surface area contributed by atoms with Crippen LogP contribution in [-0.2, 0) is 6.42 Å². The van der Waals surface area contributed by atoms with Crippen LogP contribution in [0.25, 0.3) is 82.8 Å². The molecule has 0 aliphatic heterocycles. The van der Waals surface area contributed by atoms with E-state index in [0.29, 0.717) is 0 Å². The third-order valence-electron chi connectivity index (χ3n) is 12.3. The Bertz CT molecular complexity index is 3180. The number of hydrogen-bond donors (Lipinski definition) is 0. The molecule has 2 aliphatic rings. The van der Waals surface area contributed by atoms with E-state index in [4.69, 9.17) is 0 Å². The molecule has 12 rings (SSSR count). The van der Waals surface area contributed by atoms with Gasteiger partial charge in [0, 0.05) is 22.1 Å². The molecular formula is C54H35N. The number of fused-ring (bicyclic) bond motifs is 10. The van der Waals surface area contributed by atoms with Gasteiger partial charge >= 0.3 is 0 Å². The first-order valence-electron chi connectivity index (χ1n) is 19.3. The molecule has 0 saturated carbocycles. The Balaban J connectivity index is 0.999. The summed E-state index contributed by atoms with van der Waals surface area (Å²) >= 11 is 0. The molecule has 9 aromatic carbocycles. The SMILES string of the molecule is c1ccc(C2c3ccccc3-c3ccc(-c4ccc5c6ccccc6n(-c6cccc7cc(-c8ccc9c(c8)-c8ccccc8C9)ccc67)c5c4)cc32)cc1. The van der Waals surface area contributed by atoms with Gasteiger partial charge in [0.15, 0.2) is 0 Å². The molecular weight excluding hydrogens is 663 g/mol. The van der Waals surface area contributed by atoms with Crippen molar-refractivity contribution in [3.8, 4) is 50.2 Å². The number of aromatic nitrogens is 1. The molecule has 0 radical (unpaired) electrons. The first-order chi connectivity index (χ1) is 27.3. The second kappa shape index (κ2) is 11.8. The smallest absolute Gasteiger partial charge is 0.0547 e. The van der Waals surface area contributed by atoms with Crippen molar-refractivity contribution in [1.82, 2.24) is 4.57 Å². The molecule has 10 aromatic rings. The van der Waals surface area contributed by atoms with Crippen molar-refractivity contribution in [3.63, 3.8) is 0 Å². The fourth-order valence-corrected chi connectivity index (χ4v) is 9.75. The fourth-order valence-electron chi connectivity index (χ4n) is 9.75. The van der Waals surface area contributed by atoms with Crippen molar-refractivity contribution >= 4 is 32.6 Å². The van der Waals surface area contributed by atoms with Crippen molar-refractivity contribution in [3.05, 3.63) is 222 Å². The summed E-state index contributed by atoms with van der Waals surface area (Å²) in [4.78, 5) is 0. The molecule has 1 heteroatoms. The summed E-state index contributed by atoms with van der Waals surface area (Å²) in [5.41, 5.74) is 21.0. The van der Waals surface area contributed by atoms with Crippen molar-refractivity contribution in [2.75, 3.05) is 0 Å². The van der Waals surface area contributed by atoms with E-state index in [0.717, 1.165) is 6.42 Å². The van der Waals surface area contributed by atoms with Gasteiger partial charge in [-0.25, -0.2) is 0 Å². The fraction of sp³-hybridized carbons (Fsp3) is 0.0370. The number of hydrogen-bond acceptors (Lipinski definition) is 0. The second-order valence-corrected chi connectivity index (χ2v) is 15.2. The maximum atomic E-state index is 2.48. The minimum atomic E-state index is 0.218. The quantitative estimate of drug-likeness (QED) is 0.173. The largest absolute Gasteiger partial charge is 0.309 e. The summed E-state index contributed by atoms with van der Waals surface area (Å²) in [7, 11) is 0. The van der Waals surface area contributed by atoms with E-state index in [2.05, 4.69) is 199 Å². The Morgan fingerprint density at radius 3 is 1.95 bits per heavy atom. The van der Waals surface area contributed by atoms with Crippen molar-refractivity contribution in [1.29, 1.82) is 0 Å². The van der Waals surface area contributed by atoms with Gasteiger partial charge in [-0.1, -0.05) is 158 Å². The van der Waals surface area contributed by atoms with Crippen LogP contribution in [0, 0.1) is 0 Å². The molecule has 1 nitrogen and oxygen atoms in total. The van der Waals surface area contributed by atoms with Crippen LogP contribution in [0.4, 0.5) is 0 Å². The number of nitrogens with zero attached hydrogens (tertiary/aromatic N) is 1. The van der Waals surface area contributed by atoms with Crippen molar-refractivity contribution < 1.29 is 0 Å². The number of rotatable bonds is 4. The molecule has 0 bridgehead atoms. The molecule has 1 heterocycles. The molecule has 0 N–H and O–H groups in total. The van der Waals surface area contributed by atoms with Crippen LogP contribution in [0.5, 0.6) is 0 Å². The Morgan fingerprint density at radius 1 is 0.364 bits per heavy atom. The van der Waals surface area contributed by atoms with Gasteiger partial charge < -0.3 is 4.57 Å². The lowest BCUT2D eigenvalue weighted by atomic mass is 9.88. The highest BCUT2D eigenvalue weighted by molar-refractivity contribution is 6.11. The van der Waals surface area contributed by atoms with Gasteiger partial charge in [0.05, 0.1) is 16.7 Å². The Morgan fingerprint density at radius 2 is 1.02 bits per heavy atom. The lowest BCUT2D eigenvalue weighted by Gasteiger charge is -2.16.